The van der Waals surface area contributed by atoms with Crippen LogP contribution in [0.4, 0.5) is 0 Å². The second-order valence-electron chi connectivity index (χ2n) is 6.54. The van der Waals surface area contributed by atoms with Crippen LogP contribution in [0.15, 0.2) is 0 Å². The quantitative estimate of drug-likeness (QED) is 0.432. The average molecular weight is 327 g/mol. The lowest BCUT2D eigenvalue weighted by molar-refractivity contribution is -0.150. The fourth-order valence-electron chi connectivity index (χ4n) is 2.46. The second kappa shape index (κ2) is 11.2. The lowest BCUT2D eigenvalue weighted by Crippen LogP contribution is -2.34. The van der Waals surface area contributed by atoms with Crippen LogP contribution in [0, 0.1) is 17.8 Å². The van der Waals surface area contributed by atoms with E-state index >= 15 is 0 Å². The molecule has 0 fully saturated rings. The summed E-state index contributed by atoms with van der Waals surface area (Å²) >= 11 is 0. The summed E-state index contributed by atoms with van der Waals surface area (Å²) in [6.45, 7) is 7.77. The summed E-state index contributed by atoms with van der Waals surface area (Å²) < 4.78 is 5.30. The van der Waals surface area contributed by atoms with Gasteiger partial charge in [-0.2, -0.15) is 0 Å². The molecule has 0 aromatic rings. The highest BCUT2D eigenvalue weighted by Crippen LogP contribution is 2.25. The van der Waals surface area contributed by atoms with Gasteiger partial charge in [0.25, 0.3) is 0 Å². The van der Waals surface area contributed by atoms with Gasteiger partial charge in [-0.25, -0.2) is 0 Å². The van der Waals surface area contributed by atoms with Crippen molar-refractivity contribution in [2.45, 2.75) is 59.8 Å². The smallest absolute Gasteiger partial charge is 0.308 e. The Kier molecular flexibility index (Phi) is 10.5. The van der Waals surface area contributed by atoms with E-state index in [-0.39, 0.29) is 35.4 Å². The minimum absolute atomic E-state index is 0.0297. The number of unbranched alkanes of at least 4 members (excludes halogenated alkanes) is 1. The van der Waals surface area contributed by atoms with Crippen LogP contribution in [0.5, 0.6) is 0 Å². The molecule has 0 radical (unpaired) electrons. The van der Waals surface area contributed by atoms with Crippen LogP contribution in [0.3, 0.4) is 0 Å². The normalized spacial score (nSPS) is 14.7. The first-order valence-corrected chi connectivity index (χ1v) is 8.62. The van der Waals surface area contributed by atoms with Gasteiger partial charge in [-0.05, 0) is 32.6 Å². The minimum Gasteiger partial charge on any atom is -0.465 e. The number of hydrogen-bond donors (Lipinski definition) is 0. The average Bonchev–Trinajstić information content (AvgIpc) is 2.50. The molecule has 3 atom stereocenters. The molecule has 0 spiro atoms. The predicted molar refractivity (Wildman–Crippen MR) is 90.9 cm³/mol. The second-order valence-corrected chi connectivity index (χ2v) is 6.54. The molecule has 0 aliphatic carbocycles. The Morgan fingerprint density at radius 3 is 2.09 bits per heavy atom. The maximum Gasteiger partial charge on any atom is 0.308 e. The number of carbonyl (C=O) groups excluding carboxylic acids is 3. The van der Waals surface area contributed by atoms with Gasteiger partial charge in [0.05, 0.1) is 12.5 Å². The van der Waals surface area contributed by atoms with Gasteiger partial charge in [0, 0.05) is 25.9 Å². The van der Waals surface area contributed by atoms with Gasteiger partial charge in [0.15, 0.2) is 0 Å². The fraction of sp³-hybridized carbons (Fsp3) is 0.833. The Hall–Kier alpha value is -1.39. The van der Waals surface area contributed by atoms with Crippen molar-refractivity contribution >= 4 is 17.7 Å². The lowest BCUT2D eigenvalue weighted by atomic mass is 9.84. The topological polar surface area (TPSA) is 63.7 Å². The zero-order valence-corrected chi connectivity index (χ0v) is 15.6. The Morgan fingerprint density at radius 1 is 1.04 bits per heavy atom. The van der Waals surface area contributed by atoms with E-state index in [0.29, 0.717) is 25.9 Å². The number of rotatable bonds is 11. The molecule has 0 heterocycles. The number of Topliss-reactive ketones (excluding diaryl/α,β-unsaturated/α-hetero) is 1. The maximum absolute atomic E-state index is 12.4. The first-order chi connectivity index (χ1) is 10.7. The van der Waals surface area contributed by atoms with Crippen LogP contribution in [0.25, 0.3) is 0 Å². The first kappa shape index (κ1) is 21.6. The van der Waals surface area contributed by atoms with Crippen molar-refractivity contribution in [3.8, 4) is 0 Å². The van der Waals surface area contributed by atoms with E-state index in [4.69, 9.17) is 4.74 Å². The Morgan fingerprint density at radius 2 is 1.65 bits per heavy atom. The Balaban J connectivity index is 4.90. The summed E-state index contributed by atoms with van der Waals surface area (Å²) in [5.41, 5.74) is 0. The molecule has 0 aromatic heterocycles. The van der Waals surface area contributed by atoms with Crippen molar-refractivity contribution in [1.82, 2.24) is 4.90 Å². The summed E-state index contributed by atoms with van der Waals surface area (Å²) in [4.78, 5) is 37.6. The molecule has 0 saturated heterocycles. The molecule has 0 aliphatic heterocycles. The van der Waals surface area contributed by atoms with E-state index in [2.05, 4.69) is 0 Å². The Labute approximate surface area is 140 Å². The molecule has 0 N–H and O–H groups in total. The lowest BCUT2D eigenvalue weighted by Gasteiger charge is -2.25. The third-order valence-electron chi connectivity index (χ3n) is 4.26. The Bertz CT molecular complexity index is 392. The van der Waals surface area contributed by atoms with E-state index in [1.807, 2.05) is 20.8 Å². The van der Waals surface area contributed by atoms with Gasteiger partial charge >= 0.3 is 5.97 Å². The summed E-state index contributed by atoms with van der Waals surface area (Å²) in [5, 5.41) is 0. The number of ether oxygens (including phenoxy) is 1. The van der Waals surface area contributed by atoms with E-state index in [1.165, 1.54) is 11.8 Å². The molecule has 23 heavy (non-hydrogen) atoms. The van der Waals surface area contributed by atoms with Crippen molar-refractivity contribution in [2.75, 3.05) is 20.7 Å². The SMILES string of the molecule is CCCCOC(=O)C(CC)CC(CC(C)C(C)=O)C(=O)N(C)C. The van der Waals surface area contributed by atoms with Crippen molar-refractivity contribution in [3.05, 3.63) is 0 Å². The molecule has 5 heteroatoms. The van der Waals surface area contributed by atoms with Crippen molar-refractivity contribution < 1.29 is 19.1 Å². The van der Waals surface area contributed by atoms with Gasteiger partial charge in [-0.1, -0.05) is 27.2 Å². The van der Waals surface area contributed by atoms with Crippen LogP contribution < -0.4 is 0 Å². The zero-order valence-electron chi connectivity index (χ0n) is 15.6. The molecule has 1 amide bonds. The van der Waals surface area contributed by atoms with E-state index in [0.717, 1.165) is 12.8 Å². The van der Waals surface area contributed by atoms with Crippen molar-refractivity contribution in [1.29, 1.82) is 0 Å². The van der Waals surface area contributed by atoms with E-state index < -0.39 is 0 Å². The molecular formula is C18H33NO4. The fourth-order valence-corrected chi connectivity index (χ4v) is 2.46. The largest absolute Gasteiger partial charge is 0.465 e. The summed E-state index contributed by atoms with van der Waals surface area (Å²) in [6, 6.07) is 0. The molecule has 0 aromatic carbocycles. The monoisotopic (exact) mass is 327 g/mol. The number of nitrogens with zero attached hydrogens (tertiary/aromatic N) is 1. The van der Waals surface area contributed by atoms with E-state index in [1.54, 1.807) is 14.1 Å². The van der Waals surface area contributed by atoms with Crippen LogP contribution >= 0.6 is 0 Å². The molecule has 0 rings (SSSR count). The summed E-state index contributed by atoms with van der Waals surface area (Å²) in [5.74, 6) is -0.990. The standard InChI is InChI=1S/C18H33NO4/c1-7-9-10-23-18(22)15(8-2)12-16(17(21)19(5)6)11-13(3)14(4)20/h13,15-16H,7-12H2,1-6H3. The molecule has 0 saturated carbocycles. The van der Waals surface area contributed by atoms with Crippen LogP contribution in [0.1, 0.15) is 59.8 Å². The summed E-state index contributed by atoms with van der Waals surface area (Å²) in [7, 11) is 3.41. The number of amides is 1. The third kappa shape index (κ3) is 8.14. The molecular weight excluding hydrogens is 294 g/mol. The minimum atomic E-state index is -0.326. The zero-order chi connectivity index (χ0) is 18.0. The third-order valence-corrected chi connectivity index (χ3v) is 4.26. The van der Waals surface area contributed by atoms with Crippen LogP contribution in [-0.4, -0.2) is 43.3 Å². The van der Waals surface area contributed by atoms with Gasteiger partial charge in [0.2, 0.25) is 5.91 Å². The highest BCUT2D eigenvalue weighted by molar-refractivity contribution is 5.82. The molecule has 5 nitrogen and oxygen atoms in total. The van der Waals surface area contributed by atoms with Gasteiger partial charge in [0.1, 0.15) is 5.78 Å². The highest BCUT2D eigenvalue weighted by atomic mass is 16.5. The van der Waals surface area contributed by atoms with Gasteiger partial charge in [-0.3, -0.25) is 14.4 Å². The molecule has 0 aliphatic rings. The summed E-state index contributed by atoms with van der Waals surface area (Å²) in [6.07, 6.45) is 3.38. The first-order valence-electron chi connectivity index (χ1n) is 8.62. The number of hydrogen-bond acceptors (Lipinski definition) is 4. The van der Waals surface area contributed by atoms with E-state index in [9.17, 15) is 14.4 Å². The van der Waals surface area contributed by atoms with Crippen molar-refractivity contribution in [3.63, 3.8) is 0 Å². The number of esters is 1. The molecule has 134 valence electrons. The molecule has 0 bridgehead atoms. The van der Waals surface area contributed by atoms with Crippen LogP contribution in [-0.2, 0) is 19.1 Å². The highest BCUT2D eigenvalue weighted by Gasteiger charge is 2.30. The van der Waals surface area contributed by atoms with Crippen molar-refractivity contribution in [2.24, 2.45) is 17.8 Å². The number of ketones is 1. The molecule has 3 unspecified atom stereocenters. The van der Waals surface area contributed by atoms with Gasteiger partial charge < -0.3 is 9.64 Å². The van der Waals surface area contributed by atoms with Crippen LogP contribution in [0.2, 0.25) is 0 Å². The maximum atomic E-state index is 12.4. The number of carbonyl (C=O) groups is 3. The van der Waals surface area contributed by atoms with Gasteiger partial charge in [-0.15, -0.1) is 0 Å². The predicted octanol–water partition coefficient (Wildman–Crippen LogP) is 3.07.